The maximum absolute atomic E-state index is 5.58. The Labute approximate surface area is 80.4 Å². The molecular formula is C11H19NO. The summed E-state index contributed by atoms with van der Waals surface area (Å²) in [6.45, 7) is 4.37. The number of nitrogens with zero attached hydrogens (tertiary/aromatic N) is 1. The van der Waals surface area contributed by atoms with Gasteiger partial charge in [0.1, 0.15) is 5.76 Å². The van der Waals surface area contributed by atoms with Crippen LogP contribution in [0.15, 0.2) is 10.6 Å². The zero-order chi connectivity index (χ0) is 9.52. The molecule has 1 aromatic rings. The first-order chi connectivity index (χ1) is 6.36. The molecule has 0 fully saturated rings. The molecule has 0 radical (unpaired) electrons. The number of aromatic nitrogens is 1. The minimum Gasteiger partial charge on any atom is -0.446 e. The fourth-order valence-electron chi connectivity index (χ4n) is 1.26. The highest BCUT2D eigenvalue weighted by Crippen LogP contribution is 2.09. The Morgan fingerprint density at radius 1 is 1.15 bits per heavy atom. The molecule has 0 amide bonds. The molecule has 2 nitrogen and oxygen atoms in total. The van der Waals surface area contributed by atoms with Gasteiger partial charge in [0.05, 0.1) is 6.20 Å². The summed E-state index contributed by atoms with van der Waals surface area (Å²) in [5.74, 6) is 1.96. The number of hydrogen-bond acceptors (Lipinski definition) is 2. The Balaban J connectivity index is 2.34. The summed E-state index contributed by atoms with van der Waals surface area (Å²) in [7, 11) is 0. The van der Waals surface area contributed by atoms with Gasteiger partial charge in [0.25, 0.3) is 0 Å². The summed E-state index contributed by atoms with van der Waals surface area (Å²) in [6, 6.07) is 0. The maximum atomic E-state index is 5.58. The lowest BCUT2D eigenvalue weighted by Gasteiger charge is -1.93. The van der Waals surface area contributed by atoms with Crippen molar-refractivity contribution in [3.8, 4) is 0 Å². The summed E-state index contributed by atoms with van der Waals surface area (Å²) < 4.78 is 5.58. The molecule has 2 heteroatoms. The van der Waals surface area contributed by atoms with E-state index in [1.165, 1.54) is 25.7 Å². The van der Waals surface area contributed by atoms with Crippen molar-refractivity contribution in [2.75, 3.05) is 0 Å². The van der Waals surface area contributed by atoms with Crippen molar-refractivity contribution >= 4 is 0 Å². The Bertz CT molecular complexity index is 207. The molecule has 13 heavy (non-hydrogen) atoms. The maximum Gasteiger partial charge on any atom is 0.194 e. The lowest BCUT2D eigenvalue weighted by molar-refractivity contribution is 0.443. The second kappa shape index (κ2) is 5.79. The van der Waals surface area contributed by atoms with E-state index in [-0.39, 0.29) is 0 Å². The van der Waals surface area contributed by atoms with Crippen molar-refractivity contribution in [2.45, 2.75) is 52.4 Å². The van der Waals surface area contributed by atoms with E-state index in [1.54, 1.807) is 0 Å². The van der Waals surface area contributed by atoms with Gasteiger partial charge in [-0.15, -0.1) is 0 Å². The molecule has 1 heterocycles. The summed E-state index contributed by atoms with van der Waals surface area (Å²) in [4.78, 5) is 4.24. The largest absolute Gasteiger partial charge is 0.446 e. The van der Waals surface area contributed by atoms with Crippen LogP contribution in [0.25, 0.3) is 0 Å². The number of unbranched alkanes of at least 4 members (excludes halogenated alkanes) is 2. The quantitative estimate of drug-likeness (QED) is 0.672. The molecule has 1 rings (SSSR count). The predicted molar refractivity (Wildman–Crippen MR) is 53.7 cm³/mol. The first kappa shape index (κ1) is 10.3. The molecule has 0 aromatic carbocycles. The van der Waals surface area contributed by atoms with Gasteiger partial charge in [-0.05, 0) is 12.8 Å². The standard InChI is InChI=1S/C11H19NO/c1-3-5-7-10-9-12-11(13-10)8-6-4-2/h9H,3-8H2,1-2H3. The Morgan fingerprint density at radius 3 is 2.54 bits per heavy atom. The summed E-state index contributed by atoms with van der Waals surface area (Å²) in [5, 5.41) is 0. The molecule has 0 unspecified atom stereocenters. The molecule has 0 spiro atoms. The second-order valence-electron chi connectivity index (χ2n) is 3.43. The van der Waals surface area contributed by atoms with Gasteiger partial charge in [-0.3, -0.25) is 0 Å². The molecule has 0 aliphatic rings. The number of rotatable bonds is 6. The van der Waals surface area contributed by atoms with Crippen molar-refractivity contribution in [3.05, 3.63) is 17.8 Å². The number of oxazole rings is 1. The van der Waals surface area contributed by atoms with Crippen LogP contribution in [0.4, 0.5) is 0 Å². The minimum atomic E-state index is 0.910. The molecule has 0 aliphatic heterocycles. The van der Waals surface area contributed by atoms with E-state index in [4.69, 9.17) is 4.42 Å². The van der Waals surface area contributed by atoms with Gasteiger partial charge in [-0.25, -0.2) is 4.98 Å². The molecule has 0 bridgehead atoms. The molecule has 74 valence electrons. The third-order valence-corrected chi connectivity index (χ3v) is 2.12. The van der Waals surface area contributed by atoms with Gasteiger partial charge < -0.3 is 4.42 Å². The van der Waals surface area contributed by atoms with E-state index in [0.29, 0.717) is 0 Å². The third kappa shape index (κ3) is 3.62. The SMILES string of the molecule is CCCCc1cnc(CCCC)o1. The van der Waals surface area contributed by atoms with Crippen LogP contribution in [0.3, 0.4) is 0 Å². The topological polar surface area (TPSA) is 26.0 Å². The van der Waals surface area contributed by atoms with E-state index in [1.807, 2.05) is 6.20 Å². The van der Waals surface area contributed by atoms with Crippen molar-refractivity contribution in [2.24, 2.45) is 0 Å². The van der Waals surface area contributed by atoms with Gasteiger partial charge in [-0.2, -0.15) is 0 Å². The molecule has 0 N–H and O–H groups in total. The van der Waals surface area contributed by atoms with E-state index < -0.39 is 0 Å². The van der Waals surface area contributed by atoms with Gasteiger partial charge in [0, 0.05) is 12.8 Å². The third-order valence-electron chi connectivity index (χ3n) is 2.12. The van der Waals surface area contributed by atoms with Crippen molar-refractivity contribution in [3.63, 3.8) is 0 Å². The fraction of sp³-hybridized carbons (Fsp3) is 0.727. The molecule has 0 saturated carbocycles. The lowest BCUT2D eigenvalue weighted by Crippen LogP contribution is -1.83. The van der Waals surface area contributed by atoms with Crippen LogP contribution in [0.5, 0.6) is 0 Å². The Kier molecular flexibility index (Phi) is 4.58. The minimum absolute atomic E-state index is 0.910. The van der Waals surface area contributed by atoms with E-state index in [2.05, 4.69) is 18.8 Å². The monoisotopic (exact) mass is 181 g/mol. The normalized spacial score (nSPS) is 10.6. The molecule has 0 saturated heterocycles. The summed E-state index contributed by atoms with van der Waals surface area (Å²) in [6.07, 6.45) is 8.69. The zero-order valence-corrected chi connectivity index (χ0v) is 8.68. The lowest BCUT2D eigenvalue weighted by atomic mass is 10.2. The fourth-order valence-corrected chi connectivity index (χ4v) is 1.26. The zero-order valence-electron chi connectivity index (χ0n) is 8.68. The van der Waals surface area contributed by atoms with Crippen molar-refractivity contribution in [1.29, 1.82) is 0 Å². The van der Waals surface area contributed by atoms with Gasteiger partial charge in [0.2, 0.25) is 0 Å². The highest BCUT2D eigenvalue weighted by atomic mass is 16.4. The van der Waals surface area contributed by atoms with Crippen molar-refractivity contribution in [1.82, 2.24) is 4.98 Å². The van der Waals surface area contributed by atoms with Crippen LogP contribution >= 0.6 is 0 Å². The number of aryl methyl sites for hydroxylation is 2. The second-order valence-corrected chi connectivity index (χ2v) is 3.43. The Morgan fingerprint density at radius 2 is 1.85 bits per heavy atom. The van der Waals surface area contributed by atoms with Gasteiger partial charge in [-0.1, -0.05) is 26.7 Å². The summed E-state index contributed by atoms with van der Waals surface area (Å²) >= 11 is 0. The number of hydrogen-bond donors (Lipinski definition) is 0. The average molecular weight is 181 g/mol. The van der Waals surface area contributed by atoms with Crippen LogP contribution in [-0.4, -0.2) is 4.98 Å². The van der Waals surface area contributed by atoms with E-state index in [9.17, 15) is 0 Å². The average Bonchev–Trinajstić information content (AvgIpc) is 2.59. The van der Waals surface area contributed by atoms with Gasteiger partial charge >= 0.3 is 0 Å². The highest BCUT2D eigenvalue weighted by Gasteiger charge is 2.02. The highest BCUT2D eigenvalue weighted by molar-refractivity contribution is 4.94. The molecular weight excluding hydrogens is 162 g/mol. The van der Waals surface area contributed by atoms with Crippen LogP contribution < -0.4 is 0 Å². The van der Waals surface area contributed by atoms with Crippen LogP contribution in [0.1, 0.15) is 51.2 Å². The molecule has 1 aromatic heterocycles. The van der Waals surface area contributed by atoms with E-state index >= 15 is 0 Å². The smallest absolute Gasteiger partial charge is 0.194 e. The van der Waals surface area contributed by atoms with Gasteiger partial charge in [0.15, 0.2) is 5.89 Å². The first-order valence-electron chi connectivity index (χ1n) is 5.30. The van der Waals surface area contributed by atoms with Crippen LogP contribution in [0, 0.1) is 0 Å². The van der Waals surface area contributed by atoms with Crippen LogP contribution in [0.2, 0.25) is 0 Å². The van der Waals surface area contributed by atoms with Crippen LogP contribution in [-0.2, 0) is 12.8 Å². The van der Waals surface area contributed by atoms with E-state index in [0.717, 1.165) is 24.5 Å². The Hall–Kier alpha value is -0.790. The molecule has 0 atom stereocenters. The first-order valence-corrected chi connectivity index (χ1v) is 5.30. The summed E-state index contributed by atoms with van der Waals surface area (Å²) in [5.41, 5.74) is 0. The van der Waals surface area contributed by atoms with Crippen molar-refractivity contribution < 1.29 is 4.42 Å². The molecule has 0 aliphatic carbocycles. The predicted octanol–water partition coefficient (Wildman–Crippen LogP) is 3.36.